The average molecular weight is 376 g/mol. The van der Waals surface area contributed by atoms with E-state index in [4.69, 9.17) is 9.47 Å². The summed E-state index contributed by atoms with van der Waals surface area (Å²) in [7, 11) is 0. The third-order valence-electron chi connectivity index (χ3n) is 4.00. The van der Waals surface area contributed by atoms with Crippen LogP contribution in [0.3, 0.4) is 0 Å². The lowest BCUT2D eigenvalue weighted by atomic mass is 10.1. The Hall–Kier alpha value is -2.05. The van der Waals surface area contributed by atoms with Gasteiger partial charge in [0, 0.05) is 6.20 Å². The summed E-state index contributed by atoms with van der Waals surface area (Å²) in [6.07, 6.45) is 1.40. The zero-order chi connectivity index (χ0) is 20.2. The van der Waals surface area contributed by atoms with Crippen LogP contribution in [0.1, 0.15) is 47.1 Å². The quantitative estimate of drug-likeness (QED) is 0.796. The molecule has 1 amide bonds. The van der Waals surface area contributed by atoms with Gasteiger partial charge in [0.15, 0.2) is 0 Å². The molecule has 1 aromatic carbocycles. The van der Waals surface area contributed by atoms with Crippen LogP contribution in [-0.4, -0.2) is 51.5 Å². The number of ether oxygens (including phenoxy) is 2. The van der Waals surface area contributed by atoms with E-state index < -0.39 is 17.7 Å². The summed E-state index contributed by atoms with van der Waals surface area (Å²) in [5.74, 6) is 0. The van der Waals surface area contributed by atoms with Crippen LogP contribution in [-0.2, 0) is 16.0 Å². The van der Waals surface area contributed by atoms with E-state index >= 15 is 0 Å². The Morgan fingerprint density at radius 2 is 1.85 bits per heavy atom. The van der Waals surface area contributed by atoms with Crippen LogP contribution in [0.25, 0.3) is 10.9 Å². The molecule has 150 valence electrons. The van der Waals surface area contributed by atoms with Gasteiger partial charge < -0.3 is 19.6 Å². The number of para-hydroxylation sites is 1. The SMILES string of the molecule is CC(C)(C)OC[C@H](CO)N(Cc1cccc2cc[nH]c12)C(=O)OC(C)(C)C. The number of H-pyrrole nitrogens is 1. The number of amides is 1. The van der Waals surface area contributed by atoms with Gasteiger partial charge in [-0.15, -0.1) is 0 Å². The van der Waals surface area contributed by atoms with Crippen molar-refractivity contribution in [2.45, 2.75) is 65.3 Å². The average Bonchev–Trinajstić information content (AvgIpc) is 3.01. The van der Waals surface area contributed by atoms with E-state index in [1.54, 1.807) is 4.90 Å². The highest BCUT2D eigenvalue weighted by atomic mass is 16.6. The first-order valence-electron chi connectivity index (χ1n) is 9.29. The molecule has 0 aliphatic rings. The number of hydrogen-bond donors (Lipinski definition) is 2. The van der Waals surface area contributed by atoms with Crippen molar-refractivity contribution in [2.24, 2.45) is 0 Å². The number of aliphatic hydroxyl groups excluding tert-OH is 1. The number of aromatic nitrogens is 1. The van der Waals surface area contributed by atoms with Crippen molar-refractivity contribution in [3.8, 4) is 0 Å². The molecule has 1 heterocycles. The van der Waals surface area contributed by atoms with Gasteiger partial charge in [-0.2, -0.15) is 0 Å². The van der Waals surface area contributed by atoms with Crippen molar-refractivity contribution in [1.82, 2.24) is 9.88 Å². The molecule has 1 atom stereocenters. The second-order valence-electron chi connectivity index (χ2n) is 8.73. The Labute approximate surface area is 161 Å². The number of carbonyl (C=O) groups excluding carboxylic acids is 1. The topological polar surface area (TPSA) is 74.8 Å². The third-order valence-corrected chi connectivity index (χ3v) is 4.00. The highest BCUT2D eigenvalue weighted by Gasteiger charge is 2.30. The van der Waals surface area contributed by atoms with Gasteiger partial charge in [0.2, 0.25) is 0 Å². The summed E-state index contributed by atoms with van der Waals surface area (Å²) < 4.78 is 11.4. The van der Waals surface area contributed by atoms with Crippen LogP contribution in [0.15, 0.2) is 30.5 Å². The molecule has 6 nitrogen and oxygen atoms in total. The number of hydrogen-bond acceptors (Lipinski definition) is 4. The zero-order valence-corrected chi connectivity index (χ0v) is 17.2. The number of aliphatic hydroxyl groups is 1. The van der Waals surface area contributed by atoms with E-state index in [0.29, 0.717) is 6.54 Å². The van der Waals surface area contributed by atoms with Gasteiger partial charge in [-0.1, -0.05) is 18.2 Å². The molecule has 2 rings (SSSR count). The first kappa shape index (κ1) is 21.3. The van der Waals surface area contributed by atoms with Gasteiger partial charge in [-0.25, -0.2) is 4.79 Å². The first-order valence-corrected chi connectivity index (χ1v) is 9.29. The Bertz CT molecular complexity index is 755. The van der Waals surface area contributed by atoms with Crippen molar-refractivity contribution < 1.29 is 19.4 Å². The lowest BCUT2D eigenvalue weighted by molar-refractivity contribution is -0.0538. The van der Waals surface area contributed by atoms with Gasteiger partial charge in [-0.05, 0) is 58.6 Å². The molecule has 0 aliphatic heterocycles. The normalized spacial score (nSPS) is 13.6. The number of nitrogens with zero attached hydrogens (tertiary/aromatic N) is 1. The minimum atomic E-state index is -0.626. The largest absolute Gasteiger partial charge is 0.444 e. The fraction of sp³-hybridized carbons (Fsp3) is 0.571. The third kappa shape index (κ3) is 6.26. The molecule has 0 fully saturated rings. The molecule has 0 saturated heterocycles. The zero-order valence-electron chi connectivity index (χ0n) is 17.2. The van der Waals surface area contributed by atoms with E-state index in [0.717, 1.165) is 16.5 Å². The van der Waals surface area contributed by atoms with Crippen molar-refractivity contribution in [2.75, 3.05) is 13.2 Å². The summed E-state index contributed by atoms with van der Waals surface area (Å²) in [6.45, 7) is 11.6. The molecule has 0 radical (unpaired) electrons. The number of aromatic amines is 1. The number of benzene rings is 1. The standard InChI is InChI=1S/C21H32N2O4/c1-20(2,3)26-14-17(13-24)23(19(25)27-21(4,5)6)12-16-9-7-8-15-10-11-22-18(15)16/h7-11,17,22,24H,12-14H2,1-6H3/t17-/m0/s1. The monoisotopic (exact) mass is 376 g/mol. The van der Waals surface area contributed by atoms with E-state index in [1.165, 1.54) is 0 Å². The molecular formula is C21H32N2O4. The van der Waals surface area contributed by atoms with Crippen LogP contribution in [0.2, 0.25) is 0 Å². The number of fused-ring (bicyclic) bond motifs is 1. The van der Waals surface area contributed by atoms with Crippen LogP contribution in [0.5, 0.6) is 0 Å². The second kappa shape index (κ2) is 8.31. The van der Waals surface area contributed by atoms with E-state index in [2.05, 4.69) is 4.98 Å². The lowest BCUT2D eigenvalue weighted by Crippen LogP contribution is -2.47. The molecule has 0 aliphatic carbocycles. The summed E-state index contributed by atoms with van der Waals surface area (Å²) in [6, 6.07) is 7.42. The summed E-state index contributed by atoms with van der Waals surface area (Å²) in [4.78, 5) is 17.7. The minimum absolute atomic E-state index is 0.212. The predicted molar refractivity (Wildman–Crippen MR) is 107 cm³/mol. The first-order chi connectivity index (χ1) is 12.5. The summed E-state index contributed by atoms with van der Waals surface area (Å²) in [5, 5.41) is 11.0. The number of rotatable bonds is 6. The Balaban J connectivity index is 2.30. The Kier molecular flexibility index (Phi) is 6.54. The van der Waals surface area contributed by atoms with Crippen molar-refractivity contribution in [3.63, 3.8) is 0 Å². The predicted octanol–water partition coefficient (Wildman–Crippen LogP) is 4.08. The fourth-order valence-electron chi connectivity index (χ4n) is 2.72. The molecule has 27 heavy (non-hydrogen) atoms. The molecule has 0 spiro atoms. The van der Waals surface area contributed by atoms with Crippen molar-refractivity contribution in [1.29, 1.82) is 0 Å². The van der Waals surface area contributed by atoms with Gasteiger partial charge in [-0.3, -0.25) is 4.90 Å². The molecule has 1 aromatic heterocycles. The molecule has 2 N–H and O–H groups in total. The highest BCUT2D eigenvalue weighted by molar-refractivity contribution is 5.83. The second-order valence-corrected chi connectivity index (χ2v) is 8.73. The number of nitrogens with one attached hydrogen (secondary N) is 1. The summed E-state index contributed by atoms with van der Waals surface area (Å²) in [5.41, 5.74) is 0.933. The maximum absolute atomic E-state index is 12.9. The maximum atomic E-state index is 12.9. The van der Waals surface area contributed by atoms with Crippen molar-refractivity contribution in [3.05, 3.63) is 36.0 Å². The molecule has 2 aromatic rings. The van der Waals surface area contributed by atoms with E-state index in [1.807, 2.05) is 72.0 Å². The van der Waals surface area contributed by atoms with Gasteiger partial charge in [0.05, 0.1) is 36.9 Å². The summed E-state index contributed by atoms with van der Waals surface area (Å²) >= 11 is 0. The van der Waals surface area contributed by atoms with E-state index in [-0.39, 0.29) is 18.8 Å². The van der Waals surface area contributed by atoms with Crippen LogP contribution < -0.4 is 0 Å². The maximum Gasteiger partial charge on any atom is 0.411 e. The lowest BCUT2D eigenvalue weighted by Gasteiger charge is -2.34. The number of carbonyl (C=O) groups is 1. The smallest absolute Gasteiger partial charge is 0.411 e. The van der Waals surface area contributed by atoms with E-state index in [9.17, 15) is 9.90 Å². The minimum Gasteiger partial charge on any atom is -0.444 e. The van der Waals surface area contributed by atoms with Gasteiger partial charge in [0.1, 0.15) is 5.60 Å². The van der Waals surface area contributed by atoms with Crippen LogP contribution in [0.4, 0.5) is 4.79 Å². The molecule has 0 unspecified atom stereocenters. The molecular weight excluding hydrogens is 344 g/mol. The highest BCUT2D eigenvalue weighted by Crippen LogP contribution is 2.22. The van der Waals surface area contributed by atoms with Crippen LogP contribution >= 0.6 is 0 Å². The van der Waals surface area contributed by atoms with Crippen LogP contribution in [0, 0.1) is 0 Å². The van der Waals surface area contributed by atoms with Crippen molar-refractivity contribution >= 4 is 17.0 Å². The fourth-order valence-corrected chi connectivity index (χ4v) is 2.72. The van der Waals surface area contributed by atoms with Gasteiger partial charge >= 0.3 is 6.09 Å². The Morgan fingerprint density at radius 1 is 1.15 bits per heavy atom. The molecule has 0 saturated carbocycles. The Morgan fingerprint density at radius 3 is 2.44 bits per heavy atom. The van der Waals surface area contributed by atoms with Gasteiger partial charge in [0.25, 0.3) is 0 Å². The molecule has 6 heteroatoms. The molecule has 0 bridgehead atoms.